The van der Waals surface area contributed by atoms with Crippen LogP contribution in [-0.4, -0.2) is 53.8 Å². The van der Waals surface area contributed by atoms with Crippen molar-refractivity contribution < 1.29 is 9.53 Å². The standard InChI is InChI=1S/C16H23N5O4/c1-3-7-21-13-12(15(23)20-16(21)24)9-11(10-19-13)14(22)18-5-4-17-6-8-25-2/h9-10,17H,3-8H2,1-2H3,(H,18,22)(H,20,23,24). The number of fused-ring (bicyclic) bond motifs is 1. The van der Waals surface area contributed by atoms with E-state index in [1.54, 1.807) is 7.11 Å². The minimum Gasteiger partial charge on any atom is -0.383 e. The number of carbonyl (C=O) groups excluding carboxylic acids is 1. The lowest BCUT2D eigenvalue weighted by Gasteiger charge is -2.09. The van der Waals surface area contributed by atoms with Crippen molar-refractivity contribution in [2.24, 2.45) is 0 Å². The fourth-order valence-corrected chi connectivity index (χ4v) is 2.39. The minimum atomic E-state index is -0.546. The lowest BCUT2D eigenvalue weighted by molar-refractivity contribution is 0.0953. The second-order valence-electron chi connectivity index (χ2n) is 5.50. The predicted molar refractivity (Wildman–Crippen MR) is 94.0 cm³/mol. The Hall–Kier alpha value is -2.52. The third-order valence-electron chi connectivity index (χ3n) is 3.61. The summed E-state index contributed by atoms with van der Waals surface area (Å²) in [6.45, 7) is 4.71. The lowest BCUT2D eigenvalue weighted by Crippen LogP contribution is -2.34. The first kappa shape index (κ1) is 18.8. The number of aryl methyl sites for hydroxylation is 1. The van der Waals surface area contributed by atoms with Crippen molar-refractivity contribution in [3.05, 3.63) is 38.7 Å². The fourth-order valence-electron chi connectivity index (χ4n) is 2.39. The lowest BCUT2D eigenvalue weighted by atomic mass is 10.2. The first-order valence-corrected chi connectivity index (χ1v) is 8.19. The summed E-state index contributed by atoms with van der Waals surface area (Å²) >= 11 is 0. The molecule has 2 rings (SSSR count). The van der Waals surface area contributed by atoms with Gasteiger partial charge in [0.15, 0.2) is 0 Å². The maximum Gasteiger partial charge on any atom is 0.329 e. The van der Waals surface area contributed by atoms with Crippen LogP contribution in [0.1, 0.15) is 23.7 Å². The van der Waals surface area contributed by atoms with Crippen molar-refractivity contribution in [3.63, 3.8) is 0 Å². The van der Waals surface area contributed by atoms with Gasteiger partial charge in [0.25, 0.3) is 11.5 Å². The number of carbonyl (C=O) groups is 1. The number of ether oxygens (including phenoxy) is 1. The summed E-state index contributed by atoms with van der Waals surface area (Å²) in [7, 11) is 1.62. The van der Waals surface area contributed by atoms with Gasteiger partial charge in [-0.25, -0.2) is 9.78 Å². The number of H-pyrrole nitrogens is 1. The molecule has 0 aliphatic carbocycles. The maximum absolute atomic E-state index is 12.2. The molecule has 9 heteroatoms. The van der Waals surface area contributed by atoms with Gasteiger partial charge in [-0.3, -0.25) is 19.1 Å². The van der Waals surface area contributed by atoms with Crippen LogP contribution < -0.4 is 21.9 Å². The highest BCUT2D eigenvalue weighted by atomic mass is 16.5. The van der Waals surface area contributed by atoms with Crippen LogP contribution in [0.15, 0.2) is 21.9 Å². The quantitative estimate of drug-likeness (QED) is 0.523. The van der Waals surface area contributed by atoms with E-state index in [0.29, 0.717) is 32.8 Å². The molecule has 3 N–H and O–H groups in total. The molecule has 136 valence electrons. The normalized spacial score (nSPS) is 11.0. The highest BCUT2D eigenvalue weighted by Gasteiger charge is 2.12. The topological polar surface area (TPSA) is 118 Å². The summed E-state index contributed by atoms with van der Waals surface area (Å²) in [6, 6.07) is 1.46. The van der Waals surface area contributed by atoms with Crippen molar-refractivity contribution in [2.75, 3.05) is 33.4 Å². The average Bonchev–Trinajstić information content (AvgIpc) is 2.61. The molecule has 0 aromatic carbocycles. The Morgan fingerprint density at radius 3 is 2.84 bits per heavy atom. The van der Waals surface area contributed by atoms with Crippen molar-refractivity contribution in [3.8, 4) is 0 Å². The second kappa shape index (κ2) is 9.09. The third kappa shape index (κ3) is 4.74. The van der Waals surface area contributed by atoms with Crippen LogP contribution >= 0.6 is 0 Å². The Labute approximate surface area is 144 Å². The van der Waals surface area contributed by atoms with E-state index in [-0.39, 0.29) is 22.5 Å². The van der Waals surface area contributed by atoms with Gasteiger partial charge in [-0.15, -0.1) is 0 Å². The Balaban J connectivity index is 2.14. The average molecular weight is 349 g/mol. The van der Waals surface area contributed by atoms with Gasteiger partial charge >= 0.3 is 5.69 Å². The van der Waals surface area contributed by atoms with Gasteiger partial charge in [0.05, 0.1) is 17.6 Å². The SMILES string of the molecule is CCCn1c(=O)[nH]c(=O)c2cc(C(=O)NCCNCCOC)cnc21. The van der Waals surface area contributed by atoms with E-state index in [9.17, 15) is 14.4 Å². The zero-order valence-electron chi connectivity index (χ0n) is 14.4. The van der Waals surface area contributed by atoms with E-state index < -0.39 is 11.2 Å². The number of aromatic amines is 1. The smallest absolute Gasteiger partial charge is 0.329 e. The molecule has 0 radical (unpaired) electrons. The van der Waals surface area contributed by atoms with Crippen molar-refractivity contribution in [1.29, 1.82) is 0 Å². The van der Waals surface area contributed by atoms with Crippen LogP contribution in [0.3, 0.4) is 0 Å². The van der Waals surface area contributed by atoms with Gasteiger partial charge in [0.1, 0.15) is 5.65 Å². The molecule has 2 aromatic heterocycles. The van der Waals surface area contributed by atoms with Crippen LogP contribution in [0.4, 0.5) is 0 Å². The molecule has 0 fully saturated rings. The van der Waals surface area contributed by atoms with Crippen LogP contribution in [0, 0.1) is 0 Å². The molecular weight excluding hydrogens is 326 g/mol. The van der Waals surface area contributed by atoms with Crippen molar-refractivity contribution in [1.82, 2.24) is 25.2 Å². The molecule has 0 bridgehead atoms. The Morgan fingerprint density at radius 1 is 1.32 bits per heavy atom. The molecule has 0 spiro atoms. The highest BCUT2D eigenvalue weighted by molar-refractivity contribution is 5.96. The number of hydrogen-bond donors (Lipinski definition) is 3. The number of nitrogens with zero attached hydrogens (tertiary/aromatic N) is 2. The minimum absolute atomic E-state index is 0.221. The van der Waals surface area contributed by atoms with Gasteiger partial charge in [0.2, 0.25) is 0 Å². The van der Waals surface area contributed by atoms with Crippen LogP contribution in [0.5, 0.6) is 0 Å². The molecule has 2 heterocycles. The van der Waals surface area contributed by atoms with E-state index in [1.807, 2.05) is 6.92 Å². The Morgan fingerprint density at radius 2 is 2.12 bits per heavy atom. The molecule has 9 nitrogen and oxygen atoms in total. The zero-order chi connectivity index (χ0) is 18.2. The van der Waals surface area contributed by atoms with E-state index in [0.717, 1.165) is 6.42 Å². The number of amides is 1. The molecule has 0 atom stereocenters. The molecule has 0 unspecified atom stereocenters. The van der Waals surface area contributed by atoms with Crippen molar-refractivity contribution in [2.45, 2.75) is 19.9 Å². The molecule has 2 aromatic rings. The van der Waals surface area contributed by atoms with E-state index in [4.69, 9.17) is 4.74 Å². The van der Waals surface area contributed by atoms with Gasteiger partial charge in [-0.05, 0) is 12.5 Å². The Bertz CT molecular complexity index is 843. The number of nitrogens with one attached hydrogen (secondary N) is 3. The molecular formula is C16H23N5O4. The van der Waals surface area contributed by atoms with E-state index >= 15 is 0 Å². The number of methoxy groups -OCH3 is 1. The van der Waals surface area contributed by atoms with Crippen LogP contribution in [-0.2, 0) is 11.3 Å². The summed E-state index contributed by atoms with van der Waals surface area (Å²) in [6.07, 6.45) is 2.10. The third-order valence-corrected chi connectivity index (χ3v) is 3.61. The molecule has 1 amide bonds. The molecule has 0 aliphatic heterocycles. The predicted octanol–water partition coefficient (Wildman–Crippen LogP) is -0.539. The number of hydrogen-bond acceptors (Lipinski definition) is 6. The van der Waals surface area contributed by atoms with Gasteiger partial charge in [0, 0.05) is 39.5 Å². The van der Waals surface area contributed by atoms with Crippen LogP contribution in [0.2, 0.25) is 0 Å². The fraction of sp³-hybridized carbons (Fsp3) is 0.500. The number of pyridine rings is 1. The molecule has 0 saturated heterocycles. The second-order valence-corrected chi connectivity index (χ2v) is 5.50. The van der Waals surface area contributed by atoms with Gasteiger partial charge in [-0.1, -0.05) is 6.92 Å². The summed E-state index contributed by atoms with van der Waals surface area (Å²) < 4.78 is 6.31. The zero-order valence-corrected chi connectivity index (χ0v) is 14.4. The number of aromatic nitrogens is 3. The summed E-state index contributed by atoms with van der Waals surface area (Å²) in [5.74, 6) is -0.324. The molecule has 25 heavy (non-hydrogen) atoms. The van der Waals surface area contributed by atoms with Gasteiger partial charge < -0.3 is 15.4 Å². The Kier molecular flexibility index (Phi) is 6.84. The van der Waals surface area contributed by atoms with E-state index in [2.05, 4.69) is 20.6 Å². The van der Waals surface area contributed by atoms with Crippen LogP contribution in [0.25, 0.3) is 11.0 Å². The first-order valence-electron chi connectivity index (χ1n) is 8.19. The highest BCUT2D eigenvalue weighted by Crippen LogP contribution is 2.08. The number of rotatable bonds is 9. The summed E-state index contributed by atoms with van der Waals surface area (Å²) in [5.41, 5.74) is -0.480. The van der Waals surface area contributed by atoms with Gasteiger partial charge in [-0.2, -0.15) is 0 Å². The first-order chi connectivity index (χ1) is 12.1. The molecule has 0 aliphatic rings. The molecule has 0 saturated carbocycles. The summed E-state index contributed by atoms with van der Waals surface area (Å²) in [4.78, 5) is 42.5. The van der Waals surface area contributed by atoms with Crippen molar-refractivity contribution >= 4 is 16.9 Å². The van der Waals surface area contributed by atoms with E-state index in [1.165, 1.54) is 16.8 Å². The summed E-state index contributed by atoms with van der Waals surface area (Å²) in [5, 5.41) is 6.08. The monoisotopic (exact) mass is 349 g/mol. The maximum atomic E-state index is 12.2. The largest absolute Gasteiger partial charge is 0.383 e.